The van der Waals surface area contributed by atoms with Gasteiger partial charge in [-0.1, -0.05) is 35.9 Å². The molecule has 0 spiro atoms. The minimum Gasteiger partial charge on any atom is -0.336 e. The molecule has 7 nitrogen and oxygen atoms in total. The number of halogens is 2. The molecule has 2 aliphatic rings. The third-order valence-electron chi connectivity index (χ3n) is 6.42. The highest BCUT2D eigenvalue weighted by Gasteiger charge is 2.37. The molecule has 5 rings (SSSR count). The van der Waals surface area contributed by atoms with E-state index in [9.17, 15) is 14.4 Å². The van der Waals surface area contributed by atoms with Crippen molar-refractivity contribution in [3.05, 3.63) is 103 Å². The molecular formula is C26H22BrClN4O3. The van der Waals surface area contributed by atoms with Crippen LogP contribution in [0.2, 0.25) is 5.02 Å². The van der Waals surface area contributed by atoms with Gasteiger partial charge in [0, 0.05) is 59.2 Å². The molecule has 2 unspecified atom stereocenters. The van der Waals surface area contributed by atoms with Gasteiger partial charge in [0.15, 0.2) is 0 Å². The zero-order valence-corrected chi connectivity index (χ0v) is 21.0. The molecule has 1 fully saturated rings. The molecule has 2 atom stereocenters. The first-order valence-electron chi connectivity index (χ1n) is 11.3. The van der Waals surface area contributed by atoms with Crippen molar-refractivity contribution >= 4 is 45.4 Å². The van der Waals surface area contributed by atoms with E-state index in [1.807, 2.05) is 16.7 Å². The van der Waals surface area contributed by atoms with Gasteiger partial charge in [0.1, 0.15) is 5.70 Å². The summed E-state index contributed by atoms with van der Waals surface area (Å²) < 4.78 is 2.48. The first-order chi connectivity index (χ1) is 16.9. The maximum Gasteiger partial charge on any atom is 0.270 e. The minimum absolute atomic E-state index is 0.00817. The van der Waals surface area contributed by atoms with Crippen LogP contribution in [0.25, 0.3) is 6.08 Å². The van der Waals surface area contributed by atoms with Crippen LogP contribution in [0.4, 0.5) is 0 Å². The van der Waals surface area contributed by atoms with Crippen LogP contribution in [0.5, 0.6) is 0 Å². The van der Waals surface area contributed by atoms with E-state index < -0.39 is 5.91 Å². The molecule has 2 aliphatic heterocycles. The van der Waals surface area contributed by atoms with Gasteiger partial charge < -0.3 is 14.8 Å². The topological polar surface area (TPSA) is 84.3 Å². The van der Waals surface area contributed by atoms with E-state index in [0.29, 0.717) is 40.3 Å². The van der Waals surface area contributed by atoms with Crippen LogP contribution in [0.1, 0.15) is 34.0 Å². The predicted octanol–water partition coefficient (Wildman–Crippen LogP) is 4.08. The van der Waals surface area contributed by atoms with Gasteiger partial charge in [-0.2, -0.15) is 0 Å². The number of carbonyl (C=O) groups is 2. The van der Waals surface area contributed by atoms with E-state index in [-0.39, 0.29) is 29.0 Å². The average molecular weight is 554 g/mol. The number of nitrogens with one attached hydrogen (secondary N) is 1. The lowest BCUT2D eigenvalue weighted by molar-refractivity contribution is -0.130. The summed E-state index contributed by atoms with van der Waals surface area (Å²) in [6.45, 7) is 1.55. The maximum atomic E-state index is 13.8. The number of likely N-dealkylation sites (tertiary alicyclic amines) is 1. The molecule has 1 N–H and O–H groups in total. The second-order valence-corrected chi connectivity index (χ2v) is 10.2. The fourth-order valence-corrected chi connectivity index (χ4v) is 5.42. The van der Waals surface area contributed by atoms with E-state index >= 15 is 0 Å². The molecule has 4 heterocycles. The van der Waals surface area contributed by atoms with Gasteiger partial charge in [0.2, 0.25) is 0 Å². The van der Waals surface area contributed by atoms with Crippen molar-refractivity contribution in [1.82, 2.24) is 19.8 Å². The summed E-state index contributed by atoms with van der Waals surface area (Å²) in [6, 6.07) is 14.1. The number of nitrogens with zero attached hydrogens (tertiary/aromatic N) is 3. The molecule has 1 saturated heterocycles. The lowest BCUT2D eigenvalue weighted by atomic mass is 9.83. The fourth-order valence-electron chi connectivity index (χ4n) is 4.86. The molecule has 1 aromatic carbocycles. The Kier molecular flexibility index (Phi) is 6.58. The van der Waals surface area contributed by atoms with Gasteiger partial charge in [0.05, 0.1) is 5.56 Å². The Bertz CT molecular complexity index is 1400. The van der Waals surface area contributed by atoms with Crippen LogP contribution in [0, 0.1) is 5.92 Å². The molecule has 9 heteroatoms. The smallest absolute Gasteiger partial charge is 0.270 e. The van der Waals surface area contributed by atoms with Crippen molar-refractivity contribution in [2.24, 2.45) is 5.92 Å². The van der Waals surface area contributed by atoms with Gasteiger partial charge in [-0.3, -0.25) is 19.4 Å². The van der Waals surface area contributed by atoms with Crippen LogP contribution >= 0.6 is 27.5 Å². The zero-order valence-electron chi connectivity index (χ0n) is 18.7. The lowest BCUT2D eigenvalue weighted by Crippen LogP contribution is -2.50. The quantitative estimate of drug-likeness (QED) is 0.494. The first kappa shape index (κ1) is 23.5. The summed E-state index contributed by atoms with van der Waals surface area (Å²) in [4.78, 5) is 44.9. The fraction of sp³-hybridized carbons (Fsp3) is 0.231. The third-order valence-corrected chi connectivity index (χ3v) is 7.20. The molecule has 35 heavy (non-hydrogen) atoms. The number of benzene rings is 1. The second kappa shape index (κ2) is 9.79. The second-order valence-electron chi connectivity index (χ2n) is 8.83. The standard InChI is InChI=1S/C26H22BrClN4O3/c27-20-9-18(11-29-12-20)25(34)30-22(10-17-4-1-2-5-21(17)28)26(35)31-13-16-8-19(15-31)23-6-3-7-24(33)32(23)14-16/h1-7,9-12,16,19H,8,13-15H2,(H,30,34). The van der Waals surface area contributed by atoms with E-state index in [4.69, 9.17) is 11.6 Å². The molecule has 0 saturated carbocycles. The number of amides is 2. The highest BCUT2D eigenvalue weighted by Crippen LogP contribution is 2.35. The van der Waals surface area contributed by atoms with Crippen molar-refractivity contribution in [1.29, 1.82) is 0 Å². The summed E-state index contributed by atoms with van der Waals surface area (Å²) >= 11 is 9.67. The largest absolute Gasteiger partial charge is 0.336 e. The van der Waals surface area contributed by atoms with Crippen molar-refractivity contribution in [2.75, 3.05) is 13.1 Å². The van der Waals surface area contributed by atoms with E-state index in [1.165, 1.54) is 6.20 Å². The minimum atomic E-state index is -0.445. The number of rotatable bonds is 4. The number of hydrogen-bond donors (Lipinski definition) is 1. The number of fused-ring (bicyclic) bond motifs is 4. The zero-order chi connectivity index (χ0) is 24.5. The highest BCUT2D eigenvalue weighted by atomic mass is 79.9. The molecule has 3 aromatic rings. The molecule has 2 amide bonds. The molecular weight excluding hydrogens is 532 g/mol. The number of piperidine rings is 1. The Hall–Kier alpha value is -3.23. The number of hydrogen-bond acceptors (Lipinski definition) is 4. The van der Waals surface area contributed by atoms with Crippen molar-refractivity contribution in [3.8, 4) is 0 Å². The van der Waals surface area contributed by atoms with Crippen LogP contribution in [-0.2, 0) is 11.3 Å². The highest BCUT2D eigenvalue weighted by molar-refractivity contribution is 9.10. The average Bonchev–Trinajstić information content (AvgIpc) is 2.85. The first-order valence-corrected chi connectivity index (χ1v) is 12.4. The van der Waals surface area contributed by atoms with Crippen molar-refractivity contribution < 1.29 is 9.59 Å². The predicted molar refractivity (Wildman–Crippen MR) is 137 cm³/mol. The normalized spacial score (nSPS) is 19.1. The van der Waals surface area contributed by atoms with Gasteiger partial charge in [-0.05, 0) is 58.1 Å². The maximum absolute atomic E-state index is 13.8. The van der Waals surface area contributed by atoms with Gasteiger partial charge in [-0.25, -0.2) is 0 Å². The van der Waals surface area contributed by atoms with Gasteiger partial charge >= 0.3 is 0 Å². The summed E-state index contributed by atoms with van der Waals surface area (Å²) in [5.41, 5.74) is 2.02. The Labute approximate surface area is 215 Å². The van der Waals surface area contributed by atoms with E-state index in [1.54, 1.807) is 53.6 Å². The summed E-state index contributed by atoms with van der Waals surface area (Å²) in [5, 5.41) is 3.26. The van der Waals surface area contributed by atoms with Crippen LogP contribution in [0.3, 0.4) is 0 Å². The summed E-state index contributed by atoms with van der Waals surface area (Å²) in [5.74, 6) is -0.508. The molecule has 0 radical (unpaired) electrons. The molecule has 0 aliphatic carbocycles. The Morgan fingerprint density at radius 3 is 2.71 bits per heavy atom. The summed E-state index contributed by atoms with van der Waals surface area (Å²) in [6.07, 6.45) is 5.55. The van der Waals surface area contributed by atoms with Crippen LogP contribution in [-0.4, -0.2) is 39.4 Å². The number of pyridine rings is 2. The van der Waals surface area contributed by atoms with Crippen molar-refractivity contribution in [3.63, 3.8) is 0 Å². The van der Waals surface area contributed by atoms with E-state index in [0.717, 1.165) is 12.1 Å². The molecule has 178 valence electrons. The number of carbonyl (C=O) groups excluding carboxylic acids is 2. The molecule has 2 aromatic heterocycles. The third kappa shape index (κ3) is 4.94. The molecule has 2 bridgehead atoms. The van der Waals surface area contributed by atoms with Crippen LogP contribution < -0.4 is 10.9 Å². The SMILES string of the molecule is O=C(NC(=Cc1ccccc1Cl)C(=O)N1CC2CC(C1)c1cccc(=O)n1C2)c1cncc(Br)c1. The lowest BCUT2D eigenvalue weighted by Gasteiger charge is -2.43. The van der Waals surface area contributed by atoms with Gasteiger partial charge in [0.25, 0.3) is 17.4 Å². The van der Waals surface area contributed by atoms with Crippen LogP contribution in [0.15, 0.2) is 75.9 Å². The van der Waals surface area contributed by atoms with Crippen molar-refractivity contribution in [2.45, 2.75) is 18.9 Å². The Morgan fingerprint density at radius 1 is 1.09 bits per heavy atom. The van der Waals surface area contributed by atoms with Gasteiger partial charge in [-0.15, -0.1) is 0 Å². The van der Waals surface area contributed by atoms with E-state index in [2.05, 4.69) is 26.2 Å². The Morgan fingerprint density at radius 2 is 1.91 bits per heavy atom. The Balaban J connectivity index is 1.46. The summed E-state index contributed by atoms with van der Waals surface area (Å²) in [7, 11) is 0. The monoisotopic (exact) mass is 552 g/mol. The number of aromatic nitrogens is 2.